The van der Waals surface area contributed by atoms with Crippen LogP contribution in [0.15, 0.2) is 29.2 Å². The number of fused-ring (bicyclic) bond motifs is 1. The second-order valence-corrected chi connectivity index (χ2v) is 4.24. The fourth-order valence-electron chi connectivity index (χ4n) is 2.05. The number of rotatable bonds is 2. The van der Waals surface area contributed by atoms with E-state index in [1.807, 2.05) is 18.2 Å². The van der Waals surface area contributed by atoms with Crippen LogP contribution in [-0.4, -0.2) is 21.6 Å². The zero-order chi connectivity index (χ0) is 12.4. The Balaban J connectivity index is 1.94. The number of hydrogen-bond acceptors (Lipinski definition) is 4. The van der Waals surface area contributed by atoms with Gasteiger partial charge in [0.05, 0.1) is 24.5 Å². The highest BCUT2D eigenvalue weighted by Gasteiger charge is 2.15. The van der Waals surface area contributed by atoms with E-state index in [4.69, 9.17) is 4.74 Å². The quantitative estimate of drug-likeness (QED) is 0.848. The minimum absolute atomic E-state index is 0.0920. The predicted molar refractivity (Wildman–Crippen MR) is 65.3 cm³/mol. The second kappa shape index (κ2) is 4.70. The third-order valence-electron chi connectivity index (χ3n) is 2.95. The number of ether oxygens (including phenoxy) is 1. The molecule has 0 amide bonds. The smallest absolute Gasteiger partial charge is 0.256 e. The fourth-order valence-corrected chi connectivity index (χ4v) is 2.05. The van der Waals surface area contributed by atoms with E-state index in [0.717, 1.165) is 11.4 Å². The number of aromatic nitrogens is 3. The first-order valence-electron chi connectivity index (χ1n) is 5.91. The van der Waals surface area contributed by atoms with Crippen molar-refractivity contribution in [2.75, 3.05) is 6.61 Å². The van der Waals surface area contributed by atoms with E-state index in [-0.39, 0.29) is 5.56 Å². The first-order valence-corrected chi connectivity index (χ1v) is 5.91. The van der Waals surface area contributed by atoms with Crippen LogP contribution in [0.5, 0.6) is 0 Å². The second-order valence-electron chi connectivity index (χ2n) is 4.24. The van der Waals surface area contributed by atoms with E-state index >= 15 is 0 Å². The summed E-state index contributed by atoms with van der Waals surface area (Å²) in [5, 5.41) is 0. The van der Waals surface area contributed by atoms with Crippen LogP contribution in [0.4, 0.5) is 0 Å². The summed E-state index contributed by atoms with van der Waals surface area (Å²) in [7, 11) is 0. The van der Waals surface area contributed by atoms with Crippen molar-refractivity contribution in [3.05, 3.63) is 57.5 Å². The molecular formula is C13H13N3O2. The molecule has 3 heterocycles. The van der Waals surface area contributed by atoms with E-state index in [0.29, 0.717) is 37.4 Å². The van der Waals surface area contributed by atoms with Crippen molar-refractivity contribution in [3.63, 3.8) is 0 Å². The molecule has 1 aliphatic heterocycles. The van der Waals surface area contributed by atoms with Gasteiger partial charge in [-0.25, -0.2) is 4.98 Å². The lowest BCUT2D eigenvalue weighted by atomic mass is 10.1. The molecule has 0 aliphatic carbocycles. The first kappa shape index (κ1) is 11.1. The van der Waals surface area contributed by atoms with E-state index in [9.17, 15) is 4.79 Å². The standard InChI is InChI=1S/C13H13N3O2/c17-13-10-8-18-6-4-11(10)15-12(16-13)7-9-3-1-2-5-14-9/h1-3,5H,4,6-8H2,(H,15,16,17). The highest BCUT2D eigenvalue weighted by Crippen LogP contribution is 2.11. The molecule has 0 atom stereocenters. The molecule has 2 aromatic heterocycles. The van der Waals surface area contributed by atoms with Crippen LogP contribution in [0.1, 0.15) is 22.8 Å². The molecule has 0 fully saturated rings. The number of aromatic amines is 1. The zero-order valence-electron chi connectivity index (χ0n) is 9.85. The molecule has 5 heteroatoms. The SMILES string of the molecule is O=c1[nH]c(Cc2ccccn2)nc2c1COCC2. The zero-order valence-corrected chi connectivity index (χ0v) is 9.85. The Bertz CT molecular complexity index is 607. The van der Waals surface area contributed by atoms with Gasteiger partial charge in [-0.15, -0.1) is 0 Å². The van der Waals surface area contributed by atoms with E-state index < -0.39 is 0 Å². The molecule has 0 unspecified atom stereocenters. The van der Waals surface area contributed by atoms with E-state index in [1.54, 1.807) is 6.20 Å². The van der Waals surface area contributed by atoms with Gasteiger partial charge in [0, 0.05) is 24.7 Å². The normalized spacial score (nSPS) is 14.2. The summed E-state index contributed by atoms with van der Waals surface area (Å²) >= 11 is 0. The molecule has 18 heavy (non-hydrogen) atoms. The van der Waals surface area contributed by atoms with Gasteiger partial charge in [-0.1, -0.05) is 6.07 Å². The summed E-state index contributed by atoms with van der Waals surface area (Å²) in [6, 6.07) is 5.71. The van der Waals surface area contributed by atoms with Crippen LogP contribution in [0, 0.1) is 0 Å². The van der Waals surface area contributed by atoms with Crippen LogP contribution in [0.25, 0.3) is 0 Å². The minimum Gasteiger partial charge on any atom is -0.376 e. The number of pyridine rings is 1. The van der Waals surface area contributed by atoms with Crippen LogP contribution >= 0.6 is 0 Å². The maximum Gasteiger partial charge on any atom is 0.256 e. The largest absolute Gasteiger partial charge is 0.376 e. The minimum atomic E-state index is -0.0920. The maximum absolute atomic E-state index is 11.9. The van der Waals surface area contributed by atoms with Gasteiger partial charge < -0.3 is 9.72 Å². The van der Waals surface area contributed by atoms with E-state index in [1.165, 1.54) is 0 Å². The third kappa shape index (κ3) is 2.17. The average Bonchev–Trinajstić information content (AvgIpc) is 2.40. The Labute approximate surface area is 104 Å². The summed E-state index contributed by atoms with van der Waals surface area (Å²) in [5.41, 5.74) is 2.32. The number of nitrogens with zero attached hydrogens (tertiary/aromatic N) is 2. The number of nitrogens with one attached hydrogen (secondary N) is 1. The van der Waals surface area contributed by atoms with Crippen molar-refractivity contribution in [3.8, 4) is 0 Å². The summed E-state index contributed by atoms with van der Waals surface area (Å²) < 4.78 is 5.26. The van der Waals surface area contributed by atoms with Gasteiger partial charge in [0.15, 0.2) is 0 Å². The molecule has 92 valence electrons. The van der Waals surface area contributed by atoms with Crippen molar-refractivity contribution in [1.29, 1.82) is 0 Å². The average molecular weight is 243 g/mol. The summed E-state index contributed by atoms with van der Waals surface area (Å²) in [4.78, 5) is 23.4. The topological polar surface area (TPSA) is 67.9 Å². The number of hydrogen-bond donors (Lipinski definition) is 1. The molecule has 5 nitrogen and oxygen atoms in total. The molecule has 1 aliphatic rings. The van der Waals surface area contributed by atoms with Crippen LogP contribution in [-0.2, 0) is 24.2 Å². The van der Waals surface area contributed by atoms with Crippen LogP contribution < -0.4 is 5.56 Å². The van der Waals surface area contributed by atoms with E-state index in [2.05, 4.69) is 15.0 Å². The third-order valence-corrected chi connectivity index (χ3v) is 2.95. The summed E-state index contributed by atoms with van der Waals surface area (Å²) in [6.45, 7) is 0.994. The predicted octanol–water partition coefficient (Wildman–Crippen LogP) is 0.828. The summed E-state index contributed by atoms with van der Waals surface area (Å²) in [5.74, 6) is 0.666. The lowest BCUT2D eigenvalue weighted by Gasteiger charge is -2.15. The van der Waals surface area contributed by atoms with Crippen molar-refractivity contribution in [1.82, 2.24) is 15.0 Å². The van der Waals surface area contributed by atoms with Gasteiger partial charge in [-0.05, 0) is 12.1 Å². The molecule has 0 bridgehead atoms. The molecule has 0 saturated carbocycles. The van der Waals surface area contributed by atoms with Gasteiger partial charge in [-0.2, -0.15) is 0 Å². The van der Waals surface area contributed by atoms with Crippen molar-refractivity contribution in [2.45, 2.75) is 19.4 Å². The molecule has 1 N–H and O–H groups in total. The van der Waals surface area contributed by atoms with Crippen molar-refractivity contribution >= 4 is 0 Å². The van der Waals surface area contributed by atoms with Gasteiger partial charge in [0.2, 0.25) is 0 Å². The Kier molecular flexibility index (Phi) is 2.90. The lowest BCUT2D eigenvalue weighted by Crippen LogP contribution is -2.25. The Hall–Kier alpha value is -2.01. The molecule has 0 aromatic carbocycles. The molecule has 0 saturated heterocycles. The molecule has 0 radical (unpaired) electrons. The highest BCUT2D eigenvalue weighted by atomic mass is 16.5. The molecule has 3 rings (SSSR count). The van der Waals surface area contributed by atoms with Gasteiger partial charge in [0.1, 0.15) is 5.82 Å². The lowest BCUT2D eigenvalue weighted by molar-refractivity contribution is 0.108. The van der Waals surface area contributed by atoms with Gasteiger partial charge >= 0.3 is 0 Å². The van der Waals surface area contributed by atoms with Crippen molar-refractivity contribution in [2.24, 2.45) is 0 Å². The highest BCUT2D eigenvalue weighted by molar-refractivity contribution is 5.20. The van der Waals surface area contributed by atoms with Gasteiger partial charge in [0.25, 0.3) is 5.56 Å². The summed E-state index contributed by atoms with van der Waals surface area (Å²) in [6.07, 6.45) is 2.98. The van der Waals surface area contributed by atoms with Gasteiger partial charge in [-0.3, -0.25) is 9.78 Å². The Morgan fingerprint density at radius 1 is 1.39 bits per heavy atom. The molecule has 0 spiro atoms. The molecule has 2 aromatic rings. The number of H-pyrrole nitrogens is 1. The van der Waals surface area contributed by atoms with Crippen LogP contribution in [0.2, 0.25) is 0 Å². The molecular weight excluding hydrogens is 230 g/mol. The van der Waals surface area contributed by atoms with Crippen molar-refractivity contribution < 1.29 is 4.74 Å². The maximum atomic E-state index is 11.9. The van der Waals surface area contributed by atoms with Crippen LogP contribution in [0.3, 0.4) is 0 Å². The Morgan fingerprint density at radius 3 is 3.17 bits per heavy atom. The Morgan fingerprint density at radius 2 is 2.33 bits per heavy atom. The first-order chi connectivity index (χ1) is 8.83. The fraction of sp³-hybridized carbons (Fsp3) is 0.308. The monoisotopic (exact) mass is 243 g/mol.